The molecule has 0 bridgehead atoms. The fourth-order valence-electron chi connectivity index (χ4n) is 1.10. The third-order valence-corrected chi connectivity index (χ3v) is 1.69. The minimum absolute atomic E-state index is 0.0241. The van der Waals surface area contributed by atoms with E-state index in [0.717, 1.165) is 0 Å². The summed E-state index contributed by atoms with van der Waals surface area (Å²) in [5.74, 6) is 0. The molecule has 0 heterocycles. The molecule has 1 rings (SSSR count). The first-order chi connectivity index (χ1) is 6.74. The molecule has 1 aromatic carbocycles. The van der Waals surface area contributed by atoms with Crippen LogP contribution in [0.15, 0.2) is 30.3 Å². The molecule has 1 aromatic rings. The average Bonchev–Trinajstić information content (AvgIpc) is 2.18. The lowest BCUT2D eigenvalue weighted by Gasteiger charge is -2.12. The van der Waals surface area contributed by atoms with Crippen molar-refractivity contribution in [3.05, 3.63) is 35.9 Å². The van der Waals surface area contributed by atoms with E-state index in [9.17, 15) is 4.79 Å². The Balaban J connectivity index is 2.78. The van der Waals surface area contributed by atoms with Crippen LogP contribution in [-0.2, 0) is 4.74 Å². The Morgan fingerprint density at radius 3 is 2.64 bits per heavy atom. The molecule has 14 heavy (non-hydrogen) atoms. The molecule has 1 N–H and O–H groups in total. The van der Waals surface area contributed by atoms with Crippen LogP contribution in [0.5, 0.6) is 0 Å². The van der Waals surface area contributed by atoms with Crippen LogP contribution >= 0.6 is 0 Å². The molecule has 1 atom stereocenters. The third kappa shape index (κ3) is 2.79. The highest BCUT2D eigenvalue weighted by atomic mass is 16.7. The summed E-state index contributed by atoms with van der Waals surface area (Å²) in [6.07, 6.45) is -2.04. The van der Waals surface area contributed by atoms with Crippen molar-refractivity contribution in [3.63, 3.8) is 0 Å². The van der Waals surface area contributed by atoms with E-state index in [1.807, 2.05) is 12.1 Å². The van der Waals surface area contributed by atoms with E-state index in [-0.39, 0.29) is 6.42 Å². The Bertz CT molecular complexity index is 342. The quantitative estimate of drug-likeness (QED) is 0.744. The fourth-order valence-corrected chi connectivity index (χ4v) is 1.10. The molecule has 0 aliphatic heterocycles. The number of carboxylic acid groups (broad SMARTS) is 1. The first-order valence-corrected chi connectivity index (χ1v) is 4.05. The molecule has 0 aliphatic rings. The van der Waals surface area contributed by atoms with E-state index < -0.39 is 12.3 Å². The van der Waals surface area contributed by atoms with Crippen molar-refractivity contribution in [2.75, 3.05) is 0 Å². The van der Waals surface area contributed by atoms with E-state index >= 15 is 0 Å². The zero-order valence-corrected chi connectivity index (χ0v) is 7.38. The molecule has 4 nitrogen and oxygen atoms in total. The normalized spacial score (nSPS) is 11.4. The van der Waals surface area contributed by atoms with E-state index in [1.54, 1.807) is 24.3 Å². The van der Waals surface area contributed by atoms with Gasteiger partial charge in [0.1, 0.15) is 6.10 Å². The second-order valence-corrected chi connectivity index (χ2v) is 2.65. The summed E-state index contributed by atoms with van der Waals surface area (Å²) in [5, 5.41) is 16.9. The van der Waals surface area contributed by atoms with Gasteiger partial charge >= 0.3 is 6.16 Å². The van der Waals surface area contributed by atoms with Gasteiger partial charge in [-0.2, -0.15) is 5.26 Å². The zero-order valence-electron chi connectivity index (χ0n) is 7.38. The maximum absolute atomic E-state index is 10.3. The van der Waals surface area contributed by atoms with Crippen molar-refractivity contribution in [2.24, 2.45) is 0 Å². The molecule has 0 aliphatic carbocycles. The molecular weight excluding hydrogens is 182 g/mol. The van der Waals surface area contributed by atoms with E-state index in [2.05, 4.69) is 4.74 Å². The van der Waals surface area contributed by atoms with Crippen LogP contribution in [0.1, 0.15) is 18.1 Å². The van der Waals surface area contributed by atoms with Crippen molar-refractivity contribution in [2.45, 2.75) is 12.5 Å². The largest absolute Gasteiger partial charge is 0.506 e. The predicted molar refractivity (Wildman–Crippen MR) is 48.5 cm³/mol. The molecule has 0 amide bonds. The topological polar surface area (TPSA) is 70.3 Å². The third-order valence-electron chi connectivity index (χ3n) is 1.69. The molecule has 4 heteroatoms. The van der Waals surface area contributed by atoms with E-state index in [1.165, 1.54) is 0 Å². The zero-order chi connectivity index (χ0) is 10.4. The SMILES string of the molecule is N#CCC(OC(=O)O)c1ccccc1. The first kappa shape index (κ1) is 10.1. The van der Waals surface area contributed by atoms with Crippen molar-refractivity contribution in [1.29, 1.82) is 5.26 Å². The Morgan fingerprint density at radius 2 is 2.14 bits per heavy atom. The van der Waals surface area contributed by atoms with Crippen LogP contribution < -0.4 is 0 Å². The van der Waals surface area contributed by atoms with Gasteiger partial charge in [0.05, 0.1) is 12.5 Å². The Hall–Kier alpha value is -2.02. The number of ether oxygens (including phenoxy) is 1. The Morgan fingerprint density at radius 1 is 1.50 bits per heavy atom. The maximum Gasteiger partial charge on any atom is 0.506 e. The van der Waals surface area contributed by atoms with Crippen LogP contribution in [-0.4, -0.2) is 11.3 Å². The van der Waals surface area contributed by atoms with Crippen molar-refractivity contribution >= 4 is 6.16 Å². The van der Waals surface area contributed by atoms with Gasteiger partial charge in [-0.05, 0) is 5.56 Å². The van der Waals surface area contributed by atoms with Crippen LogP contribution in [0.25, 0.3) is 0 Å². The van der Waals surface area contributed by atoms with Crippen molar-refractivity contribution < 1.29 is 14.6 Å². The van der Waals surface area contributed by atoms with E-state index in [4.69, 9.17) is 10.4 Å². The second-order valence-electron chi connectivity index (χ2n) is 2.65. The number of hydrogen-bond acceptors (Lipinski definition) is 3. The lowest BCUT2D eigenvalue weighted by Crippen LogP contribution is -2.08. The number of hydrogen-bond donors (Lipinski definition) is 1. The highest BCUT2D eigenvalue weighted by Crippen LogP contribution is 2.20. The number of benzene rings is 1. The lowest BCUT2D eigenvalue weighted by atomic mass is 10.1. The second kappa shape index (κ2) is 4.87. The van der Waals surface area contributed by atoms with Gasteiger partial charge in [-0.25, -0.2) is 4.79 Å². The lowest BCUT2D eigenvalue weighted by molar-refractivity contribution is 0.0531. The van der Waals surface area contributed by atoms with Crippen LogP contribution in [0.2, 0.25) is 0 Å². The number of carbonyl (C=O) groups is 1. The molecular formula is C10H9NO3. The molecule has 0 fully saturated rings. The summed E-state index contributed by atoms with van der Waals surface area (Å²) >= 11 is 0. The molecule has 1 unspecified atom stereocenters. The van der Waals surface area contributed by atoms with Crippen molar-refractivity contribution in [3.8, 4) is 6.07 Å². The van der Waals surface area contributed by atoms with Gasteiger partial charge in [0.25, 0.3) is 0 Å². The first-order valence-electron chi connectivity index (χ1n) is 4.05. The molecule has 72 valence electrons. The van der Waals surface area contributed by atoms with Gasteiger partial charge in [0.2, 0.25) is 0 Å². The molecule has 0 radical (unpaired) electrons. The minimum Gasteiger partial charge on any atom is -0.450 e. The van der Waals surface area contributed by atoms with Gasteiger partial charge < -0.3 is 9.84 Å². The minimum atomic E-state index is -1.37. The number of rotatable bonds is 3. The maximum atomic E-state index is 10.3. The summed E-state index contributed by atoms with van der Waals surface area (Å²) in [5.41, 5.74) is 0.691. The van der Waals surface area contributed by atoms with Gasteiger partial charge in [-0.1, -0.05) is 30.3 Å². The molecule has 0 saturated heterocycles. The highest BCUT2D eigenvalue weighted by Gasteiger charge is 2.14. The van der Waals surface area contributed by atoms with Gasteiger partial charge in [0, 0.05) is 0 Å². The Labute approximate surface area is 81.4 Å². The number of nitrogens with zero attached hydrogens (tertiary/aromatic N) is 1. The molecule has 0 spiro atoms. The molecule has 0 saturated carbocycles. The van der Waals surface area contributed by atoms with Crippen LogP contribution in [0.4, 0.5) is 4.79 Å². The molecule has 0 aromatic heterocycles. The monoisotopic (exact) mass is 191 g/mol. The van der Waals surface area contributed by atoms with Crippen molar-refractivity contribution in [1.82, 2.24) is 0 Å². The highest BCUT2D eigenvalue weighted by molar-refractivity contribution is 5.57. The Kier molecular flexibility index (Phi) is 3.50. The van der Waals surface area contributed by atoms with Gasteiger partial charge in [-0.3, -0.25) is 0 Å². The summed E-state index contributed by atoms with van der Waals surface area (Å²) in [4.78, 5) is 10.3. The van der Waals surface area contributed by atoms with E-state index in [0.29, 0.717) is 5.56 Å². The summed E-state index contributed by atoms with van der Waals surface area (Å²) < 4.78 is 4.57. The van der Waals surface area contributed by atoms with Crippen LogP contribution in [0, 0.1) is 11.3 Å². The fraction of sp³-hybridized carbons (Fsp3) is 0.200. The standard InChI is InChI=1S/C10H9NO3/c11-7-6-9(14-10(12)13)8-4-2-1-3-5-8/h1-5,9H,6H2,(H,12,13). The summed E-state index contributed by atoms with van der Waals surface area (Å²) in [6, 6.07) is 10.7. The van der Waals surface area contributed by atoms with Crippen LogP contribution in [0.3, 0.4) is 0 Å². The average molecular weight is 191 g/mol. The number of nitriles is 1. The predicted octanol–water partition coefficient (Wildman–Crippen LogP) is 2.34. The smallest absolute Gasteiger partial charge is 0.450 e. The van der Waals surface area contributed by atoms with Gasteiger partial charge in [-0.15, -0.1) is 0 Å². The summed E-state index contributed by atoms with van der Waals surface area (Å²) in [6.45, 7) is 0. The van der Waals surface area contributed by atoms with Gasteiger partial charge in [0.15, 0.2) is 0 Å². The summed E-state index contributed by atoms with van der Waals surface area (Å²) in [7, 11) is 0.